The van der Waals surface area contributed by atoms with Crippen molar-refractivity contribution in [3.8, 4) is 0 Å². The van der Waals surface area contributed by atoms with Crippen LogP contribution in [0.5, 0.6) is 0 Å². The first-order chi connectivity index (χ1) is 20.3. The van der Waals surface area contributed by atoms with E-state index in [4.69, 9.17) is 23.7 Å². The third kappa shape index (κ3) is 8.57. The Morgan fingerprint density at radius 1 is 0.463 bits per heavy atom. The van der Waals surface area contributed by atoms with E-state index in [1.165, 1.54) is 0 Å². The van der Waals surface area contributed by atoms with Crippen molar-refractivity contribution in [1.29, 1.82) is 0 Å². The summed E-state index contributed by atoms with van der Waals surface area (Å²) in [6, 6.07) is 40.1. The summed E-state index contributed by atoms with van der Waals surface area (Å²) in [6.45, 7) is 1.62. The van der Waals surface area contributed by atoms with Gasteiger partial charge in [0, 0.05) is 0 Å². The predicted molar refractivity (Wildman–Crippen MR) is 157 cm³/mol. The van der Waals surface area contributed by atoms with Crippen LogP contribution in [0.4, 0.5) is 0 Å². The molecule has 214 valence electrons. The smallest absolute Gasteiger partial charge is 0.115 e. The normalized spacial score (nSPS) is 22.4. The van der Waals surface area contributed by atoms with Crippen molar-refractivity contribution in [3.05, 3.63) is 144 Å². The van der Waals surface area contributed by atoms with Gasteiger partial charge in [-0.3, -0.25) is 0 Å². The number of hydrogen-bond acceptors (Lipinski definition) is 6. The molecule has 0 saturated carbocycles. The van der Waals surface area contributed by atoms with Crippen molar-refractivity contribution in [1.82, 2.24) is 0 Å². The van der Waals surface area contributed by atoms with Crippen molar-refractivity contribution < 1.29 is 28.8 Å². The largest absolute Gasteiger partial charge is 0.394 e. The molecule has 1 heterocycles. The highest BCUT2D eigenvalue weighted by atomic mass is 16.6. The minimum Gasteiger partial charge on any atom is -0.394 e. The van der Waals surface area contributed by atoms with Crippen molar-refractivity contribution in [2.75, 3.05) is 13.2 Å². The highest BCUT2D eigenvalue weighted by Gasteiger charge is 2.48. The maximum atomic E-state index is 10.4. The minimum absolute atomic E-state index is 0.217. The van der Waals surface area contributed by atoms with Gasteiger partial charge in [-0.05, 0) is 22.3 Å². The number of rotatable bonds is 14. The van der Waals surface area contributed by atoms with E-state index in [1.54, 1.807) is 0 Å². The zero-order chi connectivity index (χ0) is 28.1. The van der Waals surface area contributed by atoms with Crippen molar-refractivity contribution in [2.24, 2.45) is 0 Å². The molecule has 0 aliphatic carbocycles. The molecule has 0 aromatic heterocycles. The lowest BCUT2D eigenvalue weighted by Gasteiger charge is -2.46. The van der Waals surface area contributed by atoms with Gasteiger partial charge in [0.05, 0.1) is 39.6 Å². The van der Waals surface area contributed by atoms with Crippen LogP contribution in [0.1, 0.15) is 22.3 Å². The molecule has 5 rings (SSSR count). The molecule has 0 spiro atoms. The van der Waals surface area contributed by atoms with Crippen LogP contribution in [-0.4, -0.2) is 48.8 Å². The Bertz CT molecular complexity index is 1260. The summed E-state index contributed by atoms with van der Waals surface area (Å²) in [5.74, 6) is 0. The maximum absolute atomic E-state index is 10.4. The van der Waals surface area contributed by atoms with Crippen molar-refractivity contribution in [3.63, 3.8) is 0 Å². The zero-order valence-corrected chi connectivity index (χ0v) is 23.2. The Morgan fingerprint density at radius 2 is 0.829 bits per heavy atom. The molecule has 1 saturated heterocycles. The summed E-state index contributed by atoms with van der Waals surface area (Å²) in [5, 5.41) is 10.4. The molecule has 0 unspecified atom stereocenters. The van der Waals surface area contributed by atoms with Crippen LogP contribution < -0.4 is 0 Å². The fraction of sp³-hybridized carbons (Fsp3) is 0.314. The van der Waals surface area contributed by atoms with E-state index in [9.17, 15) is 5.11 Å². The lowest BCUT2D eigenvalue weighted by molar-refractivity contribution is -0.277. The zero-order valence-electron chi connectivity index (χ0n) is 23.2. The monoisotopic (exact) mass is 554 g/mol. The third-order valence-electron chi connectivity index (χ3n) is 7.16. The van der Waals surface area contributed by atoms with Gasteiger partial charge in [0.1, 0.15) is 30.5 Å². The van der Waals surface area contributed by atoms with Crippen molar-refractivity contribution >= 4 is 0 Å². The van der Waals surface area contributed by atoms with Gasteiger partial charge in [-0.1, -0.05) is 121 Å². The number of aliphatic hydroxyl groups is 1. The van der Waals surface area contributed by atoms with Crippen LogP contribution in [0.15, 0.2) is 121 Å². The standard InChI is InChI=1S/C35H38O6/c36-21-31-33(38-23-28-15-7-2-8-16-28)35(40-25-30-19-11-4-12-20-30)34(39-24-29-17-9-3-10-18-29)32(41-31)26-37-22-27-13-5-1-6-14-27/h1-20,31-36H,21-26H2/t31-,32-,33+,34-,35-/m1/s1. The van der Waals surface area contributed by atoms with E-state index in [-0.39, 0.29) is 13.2 Å². The number of hydrogen-bond donors (Lipinski definition) is 1. The molecule has 0 amide bonds. The van der Waals surface area contributed by atoms with Gasteiger partial charge >= 0.3 is 0 Å². The van der Waals surface area contributed by atoms with Gasteiger partial charge in [-0.2, -0.15) is 0 Å². The SMILES string of the molecule is OC[C@H]1O[C@H](COCc2ccccc2)[C@@H](OCc2ccccc2)[C@H](OCc2ccccc2)[C@H]1OCc1ccccc1. The highest BCUT2D eigenvalue weighted by molar-refractivity contribution is 5.16. The first-order valence-electron chi connectivity index (χ1n) is 14.1. The molecule has 0 bridgehead atoms. The predicted octanol–water partition coefficient (Wildman–Crippen LogP) is 5.72. The Balaban J connectivity index is 1.38. The van der Waals surface area contributed by atoms with Crippen molar-refractivity contribution in [2.45, 2.75) is 56.9 Å². The highest BCUT2D eigenvalue weighted by Crippen LogP contribution is 2.31. The summed E-state index contributed by atoms with van der Waals surface area (Å²) >= 11 is 0. The van der Waals surface area contributed by atoms with Gasteiger partial charge in [-0.15, -0.1) is 0 Å². The van der Waals surface area contributed by atoms with Gasteiger partial charge in [0.15, 0.2) is 0 Å². The van der Waals surface area contributed by atoms with Crippen LogP contribution in [0, 0.1) is 0 Å². The van der Waals surface area contributed by atoms with Gasteiger partial charge < -0.3 is 28.8 Å². The molecule has 0 radical (unpaired) electrons. The molecule has 5 atom stereocenters. The van der Waals surface area contributed by atoms with Crippen LogP contribution in [-0.2, 0) is 50.1 Å². The molecule has 4 aromatic rings. The molecular formula is C35H38O6. The average Bonchev–Trinajstić information content (AvgIpc) is 3.04. The minimum atomic E-state index is -0.610. The molecule has 1 N–H and O–H groups in total. The number of ether oxygens (including phenoxy) is 5. The molecule has 1 aliphatic heterocycles. The van der Waals surface area contributed by atoms with Crippen LogP contribution in [0.25, 0.3) is 0 Å². The fourth-order valence-corrected chi connectivity index (χ4v) is 5.03. The first-order valence-corrected chi connectivity index (χ1v) is 14.1. The Labute approximate surface area is 242 Å². The lowest BCUT2D eigenvalue weighted by Crippen LogP contribution is -2.62. The van der Waals surface area contributed by atoms with E-state index in [1.807, 2.05) is 121 Å². The summed E-state index contributed by atoms with van der Waals surface area (Å²) in [4.78, 5) is 0. The Morgan fingerprint density at radius 3 is 1.24 bits per heavy atom. The van der Waals surface area contributed by atoms with Gasteiger partial charge in [-0.25, -0.2) is 0 Å². The second-order valence-corrected chi connectivity index (χ2v) is 10.2. The topological polar surface area (TPSA) is 66.4 Å². The maximum Gasteiger partial charge on any atom is 0.115 e. The molecule has 1 aliphatic rings. The third-order valence-corrected chi connectivity index (χ3v) is 7.16. The second kappa shape index (κ2) is 15.6. The second-order valence-electron chi connectivity index (χ2n) is 10.2. The molecule has 41 heavy (non-hydrogen) atoms. The fourth-order valence-electron chi connectivity index (χ4n) is 5.03. The first kappa shape index (κ1) is 29.1. The summed E-state index contributed by atoms with van der Waals surface area (Å²) in [7, 11) is 0. The molecule has 4 aromatic carbocycles. The van der Waals surface area contributed by atoms with Gasteiger partial charge in [0.2, 0.25) is 0 Å². The lowest BCUT2D eigenvalue weighted by atomic mass is 9.94. The Hall–Kier alpha value is -3.36. The van der Waals surface area contributed by atoms with E-state index in [0.717, 1.165) is 22.3 Å². The van der Waals surface area contributed by atoms with Crippen LogP contribution in [0.3, 0.4) is 0 Å². The molecule has 6 nitrogen and oxygen atoms in total. The Kier molecular flexibility index (Phi) is 11.1. The van der Waals surface area contributed by atoms with E-state index in [0.29, 0.717) is 26.4 Å². The van der Waals surface area contributed by atoms with Crippen LogP contribution >= 0.6 is 0 Å². The summed E-state index contributed by atoms with van der Waals surface area (Å²) in [5.41, 5.74) is 4.19. The molecule has 1 fully saturated rings. The number of aliphatic hydroxyl groups excluding tert-OH is 1. The summed E-state index contributed by atoms with van der Waals surface area (Å²) < 4.78 is 32.2. The van der Waals surface area contributed by atoms with E-state index < -0.39 is 30.5 Å². The molecule has 6 heteroatoms. The molecular weight excluding hydrogens is 516 g/mol. The summed E-state index contributed by atoms with van der Waals surface area (Å²) in [6.07, 6.45) is -2.66. The van der Waals surface area contributed by atoms with Crippen LogP contribution in [0.2, 0.25) is 0 Å². The average molecular weight is 555 g/mol. The van der Waals surface area contributed by atoms with E-state index >= 15 is 0 Å². The quantitative estimate of drug-likeness (QED) is 0.215. The van der Waals surface area contributed by atoms with E-state index in [2.05, 4.69) is 0 Å². The number of benzene rings is 4. The van der Waals surface area contributed by atoms with Gasteiger partial charge in [0.25, 0.3) is 0 Å².